The lowest BCUT2D eigenvalue weighted by molar-refractivity contribution is 0.378. The number of piperazine rings is 1. The van der Waals surface area contributed by atoms with Crippen LogP contribution in [0.4, 0.5) is 10.1 Å². The number of rotatable bonds is 4. The molecule has 0 atom stereocenters. The molecule has 3 rings (SSSR count). The summed E-state index contributed by atoms with van der Waals surface area (Å²) < 4.78 is 45.5. The molecule has 0 aromatic heterocycles. The smallest absolute Gasteiger partial charge is 0.243 e. The van der Waals surface area contributed by atoms with Gasteiger partial charge in [-0.2, -0.15) is 4.31 Å². The highest BCUT2D eigenvalue weighted by Crippen LogP contribution is 2.28. The quantitative estimate of drug-likeness (QED) is 0.792. The van der Waals surface area contributed by atoms with Gasteiger partial charge in [-0.1, -0.05) is 17.7 Å². The summed E-state index contributed by atoms with van der Waals surface area (Å²) >= 11 is 6.08. The van der Waals surface area contributed by atoms with Crippen LogP contribution < -0.4 is 9.64 Å². The minimum atomic E-state index is -3.70. The third kappa shape index (κ3) is 3.65. The van der Waals surface area contributed by atoms with Gasteiger partial charge in [0.1, 0.15) is 0 Å². The Hall–Kier alpha value is -1.83. The standard InChI is InChI=1S/C18H20ClFN2O3S/c1-13-3-4-14(19)11-17(13)21-7-9-22(10-8-21)26(23,24)15-5-6-16(20)18(12-15)25-2/h3-6,11-12H,7-10H2,1-2H3. The molecule has 0 amide bonds. The van der Waals surface area contributed by atoms with Gasteiger partial charge < -0.3 is 9.64 Å². The third-order valence-electron chi connectivity index (χ3n) is 4.51. The van der Waals surface area contributed by atoms with Crippen LogP contribution in [0.25, 0.3) is 0 Å². The molecule has 2 aromatic rings. The maximum Gasteiger partial charge on any atom is 0.243 e. The fourth-order valence-corrected chi connectivity index (χ4v) is 4.65. The van der Waals surface area contributed by atoms with Crippen molar-refractivity contribution in [3.05, 3.63) is 52.8 Å². The zero-order chi connectivity index (χ0) is 18.9. The Morgan fingerprint density at radius 1 is 1.08 bits per heavy atom. The van der Waals surface area contributed by atoms with Gasteiger partial charge in [0.25, 0.3) is 0 Å². The summed E-state index contributed by atoms with van der Waals surface area (Å²) in [5.74, 6) is -0.674. The molecule has 0 spiro atoms. The molecule has 1 fully saturated rings. The highest BCUT2D eigenvalue weighted by atomic mass is 35.5. The summed E-state index contributed by atoms with van der Waals surface area (Å²) in [6.45, 7) is 3.79. The van der Waals surface area contributed by atoms with E-state index < -0.39 is 15.8 Å². The average molecular weight is 399 g/mol. The lowest BCUT2D eigenvalue weighted by Crippen LogP contribution is -2.48. The number of hydrogen-bond donors (Lipinski definition) is 0. The van der Waals surface area contributed by atoms with Gasteiger partial charge in [-0.3, -0.25) is 0 Å². The molecular weight excluding hydrogens is 379 g/mol. The summed E-state index contributed by atoms with van der Waals surface area (Å²) in [6.07, 6.45) is 0. The van der Waals surface area contributed by atoms with E-state index in [9.17, 15) is 12.8 Å². The molecule has 0 radical (unpaired) electrons. The van der Waals surface area contributed by atoms with Gasteiger partial charge in [-0.15, -0.1) is 0 Å². The lowest BCUT2D eigenvalue weighted by Gasteiger charge is -2.36. The van der Waals surface area contributed by atoms with E-state index in [2.05, 4.69) is 4.90 Å². The maximum atomic E-state index is 13.6. The highest BCUT2D eigenvalue weighted by molar-refractivity contribution is 7.89. The first-order chi connectivity index (χ1) is 12.3. The van der Waals surface area contributed by atoms with E-state index in [1.165, 1.54) is 23.5 Å². The number of benzene rings is 2. The molecule has 5 nitrogen and oxygen atoms in total. The van der Waals surface area contributed by atoms with Crippen molar-refractivity contribution in [3.63, 3.8) is 0 Å². The Morgan fingerprint density at radius 2 is 1.77 bits per heavy atom. The molecule has 1 aliphatic rings. The summed E-state index contributed by atoms with van der Waals surface area (Å²) in [4.78, 5) is 2.15. The van der Waals surface area contributed by atoms with Gasteiger partial charge in [-0.25, -0.2) is 12.8 Å². The largest absolute Gasteiger partial charge is 0.494 e. The molecule has 1 heterocycles. The number of nitrogens with zero attached hydrogens (tertiary/aromatic N) is 2. The minimum absolute atomic E-state index is 0.0307. The Labute approximate surface area is 158 Å². The number of hydrogen-bond acceptors (Lipinski definition) is 4. The van der Waals surface area contributed by atoms with Crippen molar-refractivity contribution >= 4 is 27.3 Å². The topological polar surface area (TPSA) is 49.9 Å². The summed E-state index contributed by atoms with van der Waals surface area (Å²) in [5, 5.41) is 0.652. The zero-order valence-electron chi connectivity index (χ0n) is 14.6. The SMILES string of the molecule is COc1cc(S(=O)(=O)N2CCN(c3cc(Cl)ccc3C)CC2)ccc1F. The van der Waals surface area contributed by atoms with E-state index in [1.54, 1.807) is 0 Å². The molecule has 0 unspecified atom stereocenters. The average Bonchev–Trinajstić information content (AvgIpc) is 2.64. The summed E-state index contributed by atoms with van der Waals surface area (Å²) in [6, 6.07) is 9.27. The summed E-state index contributed by atoms with van der Waals surface area (Å²) in [7, 11) is -2.39. The van der Waals surface area contributed by atoms with Crippen molar-refractivity contribution in [3.8, 4) is 5.75 Å². The van der Waals surface area contributed by atoms with Crippen LogP contribution in [0.2, 0.25) is 5.02 Å². The van der Waals surface area contributed by atoms with Crippen LogP contribution in [0.5, 0.6) is 5.75 Å². The molecule has 26 heavy (non-hydrogen) atoms. The van der Waals surface area contributed by atoms with Crippen LogP contribution in [-0.4, -0.2) is 46.0 Å². The van der Waals surface area contributed by atoms with Crippen molar-refractivity contribution in [1.82, 2.24) is 4.31 Å². The van der Waals surface area contributed by atoms with Gasteiger partial charge >= 0.3 is 0 Å². The molecule has 0 bridgehead atoms. The number of anilines is 1. The van der Waals surface area contributed by atoms with E-state index in [0.717, 1.165) is 17.3 Å². The first-order valence-electron chi connectivity index (χ1n) is 8.17. The zero-order valence-corrected chi connectivity index (χ0v) is 16.1. The predicted molar refractivity (Wildman–Crippen MR) is 100 cm³/mol. The van der Waals surface area contributed by atoms with Crippen LogP contribution in [-0.2, 0) is 10.0 Å². The van der Waals surface area contributed by atoms with E-state index in [-0.39, 0.29) is 10.6 Å². The first kappa shape index (κ1) is 18.9. The molecule has 2 aromatic carbocycles. The number of methoxy groups -OCH3 is 1. The predicted octanol–water partition coefficient (Wildman–Crippen LogP) is 3.31. The van der Waals surface area contributed by atoms with Gasteiger partial charge in [0.2, 0.25) is 10.0 Å². The van der Waals surface area contributed by atoms with E-state index in [0.29, 0.717) is 31.2 Å². The Kier molecular flexibility index (Phi) is 5.41. The first-order valence-corrected chi connectivity index (χ1v) is 9.99. The van der Waals surface area contributed by atoms with Crippen LogP contribution >= 0.6 is 11.6 Å². The normalized spacial score (nSPS) is 15.9. The second kappa shape index (κ2) is 7.42. The Bertz CT molecular complexity index is 913. The van der Waals surface area contributed by atoms with Gasteiger partial charge in [0.05, 0.1) is 12.0 Å². The van der Waals surface area contributed by atoms with Crippen LogP contribution in [0.1, 0.15) is 5.56 Å². The monoisotopic (exact) mass is 398 g/mol. The van der Waals surface area contributed by atoms with E-state index >= 15 is 0 Å². The van der Waals surface area contributed by atoms with Gasteiger partial charge in [0, 0.05) is 43.0 Å². The third-order valence-corrected chi connectivity index (χ3v) is 6.64. The number of halogens is 2. The van der Waals surface area contributed by atoms with Crippen molar-refractivity contribution in [2.75, 3.05) is 38.2 Å². The van der Waals surface area contributed by atoms with Crippen molar-refractivity contribution in [2.45, 2.75) is 11.8 Å². The fraction of sp³-hybridized carbons (Fsp3) is 0.333. The van der Waals surface area contributed by atoms with Crippen molar-refractivity contribution in [1.29, 1.82) is 0 Å². The second-order valence-electron chi connectivity index (χ2n) is 6.12. The lowest BCUT2D eigenvalue weighted by atomic mass is 10.1. The van der Waals surface area contributed by atoms with Gasteiger partial charge in [0.15, 0.2) is 11.6 Å². The number of aryl methyl sites for hydroxylation is 1. The molecule has 1 aliphatic heterocycles. The van der Waals surface area contributed by atoms with Crippen molar-refractivity contribution < 1.29 is 17.5 Å². The molecule has 0 N–H and O–H groups in total. The molecule has 140 valence electrons. The number of ether oxygens (including phenoxy) is 1. The Morgan fingerprint density at radius 3 is 2.42 bits per heavy atom. The molecule has 8 heteroatoms. The highest BCUT2D eigenvalue weighted by Gasteiger charge is 2.29. The molecule has 1 saturated heterocycles. The van der Waals surface area contributed by atoms with E-state index in [1.807, 2.05) is 25.1 Å². The second-order valence-corrected chi connectivity index (χ2v) is 8.49. The fourth-order valence-electron chi connectivity index (χ4n) is 3.04. The van der Waals surface area contributed by atoms with Crippen LogP contribution in [0.15, 0.2) is 41.3 Å². The minimum Gasteiger partial charge on any atom is -0.494 e. The number of sulfonamides is 1. The van der Waals surface area contributed by atoms with Crippen molar-refractivity contribution in [2.24, 2.45) is 0 Å². The molecular formula is C18H20ClFN2O3S. The van der Waals surface area contributed by atoms with Gasteiger partial charge in [-0.05, 0) is 36.8 Å². The maximum absolute atomic E-state index is 13.6. The van der Waals surface area contributed by atoms with Crippen LogP contribution in [0.3, 0.4) is 0 Å². The van der Waals surface area contributed by atoms with E-state index in [4.69, 9.17) is 16.3 Å². The molecule has 0 saturated carbocycles. The summed E-state index contributed by atoms with van der Waals surface area (Å²) in [5.41, 5.74) is 2.10. The Balaban J connectivity index is 1.77. The van der Waals surface area contributed by atoms with Crippen LogP contribution in [0, 0.1) is 12.7 Å². The molecule has 0 aliphatic carbocycles.